The lowest BCUT2D eigenvalue weighted by Gasteiger charge is -2.47. The molecule has 0 aliphatic carbocycles. The first-order chi connectivity index (χ1) is 47.4. The number of nitrogen functional groups attached to an aromatic ring is 1. The number of aliphatic hydroxyl groups excluding tert-OH is 9. The number of ether oxygens (including phenoxy) is 5. The molecule has 0 aromatic carbocycles. The van der Waals surface area contributed by atoms with E-state index in [0.717, 1.165) is 50.5 Å². The molecule has 3 saturated heterocycles. The Morgan fingerprint density at radius 3 is 2.17 bits per heavy atom. The van der Waals surface area contributed by atoms with Gasteiger partial charge in [0.2, 0.25) is 23.6 Å². The predicted molar refractivity (Wildman–Crippen MR) is 351 cm³/mol. The number of likely N-dealkylation sites (tertiary alicyclic amines) is 1. The van der Waals surface area contributed by atoms with Gasteiger partial charge in [0.1, 0.15) is 101 Å². The zero-order valence-electron chi connectivity index (χ0n) is 55.5. The molecule has 0 radical (unpaired) electrons. The van der Waals surface area contributed by atoms with Gasteiger partial charge in [-0.05, 0) is 59.7 Å². The van der Waals surface area contributed by atoms with E-state index in [1.54, 1.807) is 10.8 Å². The Labute approximate surface area is 581 Å². The first kappa shape index (κ1) is 80.1. The summed E-state index contributed by atoms with van der Waals surface area (Å²) in [5, 5.41) is 118. The van der Waals surface area contributed by atoms with E-state index >= 15 is 9.59 Å². The third-order valence-electron chi connectivity index (χ3n) is 17.2. The summed E-state index contributed by atoms with van der Waals surface area (Å²) in [5.74, 6) is -7.20. The van der Waals surface area contributed by atoms with Crippen LogP contribution in [0.5, 0.6) is 0 Å². The fourth-order valence-electron chi connectivity index (χ4n) is 11.3. The number of hydrogen-bond donors (Lipinski definition) is 20. The van der Waals surface area contributed by atoms with Gasteiger partial charge in [-0.3, -0.25) is 34.1 Å². The molecular weight excluding hydrogens is 1360 g/mol. The van der Waals surface area contributed by atoms with E-state index in [4.69, 9.17) is 52.4 Å². The van der Waals surface area contributed by atoms with E-state index in [2.05, 4.69) is 61.4 Å². The monoisotopic (exact) mass is 1450 g/mol. The normalized spacial score (nSPS) is 25.0. The molecule has 20 atom stereocenters. The van der Waals surface area contributed by atoms with Crippen LogP contribution in [0.2, 0.25) is 0 Å². The van der Waals surface area contributed by atoms with E-state index in [1.165, 1.54) is 69.6 Å². The van der Waals surface area contributed by atoms with Crippen molar-refractivity contribution in [3.8, 4) is 10.7 Å². The minimum atomic E-state index is -2.19. The number of likely N-dealkylation sites (N-methyl/N-ethyl adjacent to an activating group) is 1. The molecule has 7 heterocycles. The maximum Gasteiger partial charge on any atom is 0.404 e. The third kappa shape index (κ3) is 20.7. The number of anilines is 1. The van der Waals surface area contributed by atoms with E-state index in [0.29, 0.717) is 22.3 Å². The van der Waals surface area contributed by atoms with Gasteiger partial charge in [0.25, 0.3) is 11.8 Å². The number of H-pyrrole nitrogens is 1. The van der Waals surface area contributed by atoms with Crippen LogP contribution in [0.4, 0.5) is 10.6 Å². The molecule has 3 aliphatic heterocycles. The van der Waals surface area contributed by atoms with Crippen molar-refractivity contribution in [3.05, 3.63) is 56.8 Å². The van der Waals surface area contributed by atoms with Crippen molar-refractivity contribution in [1.82, 2.24) is 66.3 Å². The first-order valence-electron chi connectivity index (χ1n) is 32.2. The van der Waals surface area contributed by atoms with Gasteiger partial charge in [-0.25, -0.2) is 29.7 Å². The number of nitrogens with one attached hydrogen (secondary N) is 6. The van der Waals surface area contributed by atoms with Crippen molar-refractivity contribution in [1.29, 1.82) is 0 Å². The van der Waals surface area contributed by atoms with Crippen LogP contribution in [0.1, 0.15) is 108 Å². The second-order valence-electron chi connectivity index (χ2n) is 24.6. The summed E-state index contributed by atoms with van der Waals surface area (Å²) < 4.78 is 29.0. The number of hydrogen-bond acceptors (Lipinski definition) is 33. The van der Waals surface area contributed by atoms with Crippen LogP contribution in [0.15, 0.2) is 23.3 Å². The quantitative estimate of drug-likeness (QED) is 0.0149. The Kier molecular flexibility index (Phi) is 29.7. The van der Waals surface area contributed by atoms with Gasteiger partial charge in [0, 0.05) is 61.8 Å². The van der Waals surface area contributed by atoms with Gasteiger partial charge >= 0.3 is 6.09 Å². The minimum absolute atomic E-state index is 0.0256. The zero-order chi connectivity index (χ0) is 73.4. The molecule has 20 unspecified atom stereocenters. The Hall–Kier alpha value is -7.24. The Morgan fingerprint density at radius 2 is 1.53 bits per heavy atom. The van der Waals surface area contributed by atoms with Crippen LogP contribution in [0.25, 0.3) is 10.7 Å². The van der Waals surface area contributed by atoms with E-state index in [9.17, 15) is 69.9 Å². The molecule has 4 aromatic rings. The van der Waals surface area contributed by atoms with Crippen LogP contribution in [-0.4, -0.2) is 291 Å². The van der Waals surface area contributed by atoms with Gasteiger partial charge in [0.15, 0.2) is 18.7 Å². The standard InChI is InChI=1S/C59H92N18O21S2/c1-24-37(73-50(75-48(24)62)29(16-35(61)81)68-17-28(60)49(63)87)56(92)76(5)39(45(30-18-65-23-69-30)96-58-47(43(85)41(83)33(19-78)95-58)97-57-44(86)46(98-59(64)93)42(84)34(20-79)94-57)54(91)70-26(3)40(82)25(2)51(88)74-38(27(4)80)53(90)67-12-10-36-71-32(22-99-36)55-72-31(21-100-55)52(89)66-11-9-15-77-13-7-6-8-14-77/h18,21-23,25-29,33-34,38-47,51,57-58,68,74,78-80,82-86,88H,6-17,19-20,60H2,1-5H3,(H2,61,81)(H2,63,87)(H2,64,93)(H,65,69)(H,66,89)(H,67,90)(H,70,91)(H2,62,73,75). The average Bonchev–Trinajstić information content (AvgIpc) is 0.894. The topological polar surface area (TPSA) is 625 Å². The number of imidazole rings is 1. The van der Waals surface area contributed by atoms with Crippen molar-refractivity contribution in [2.75, 3.05) is 65.3 Å². The van der Waals surface area contributed by atoms with Gasteiger partial charge in [0.05, 0.1) is 66.8 Å². The third-order valence-corrected chi connectivity index (χ3v) is 19.0. The van der Waals surface area contributed by atoms with Crippen LogP contribution in [-0.2, 0) is 49.3 Å². The van der Waals surface area contributed by atoms with Gasteiger partial charge in [-0.1, -0.05) is 13.3 Å². The second-order valence-corrected chi connectivity index (χ2v) is 26.4. The number of piperidine rings is 1. The molecular formula is C59H92N18O21S2. The molecule has 556 valence electrons. The predicted octanol–water partition coefficient (Wildman–Crippen LogP) is -6.96. The summed E-state index contributed by atoms with van der Waals surface area (Å²) in [4.78, 5) is 121. The van der Waals surface area contributed by atoms with Crippen LogP contribution >= 0.6 is 22.7 Å². The molecule has 41 heteroatoms. The summed E-state index contributed by atoms with van der Waals surface area (Å²) in [5.41, 5.74) is 28.4. The molecule has 3 fully saturated rings. The van der Waals surface area contributed by atoms with E-state index < -0.39 is 183 Å². The summed E-state index contributed by atoms with van der Waals surface area (Å²) in [6.07, 6.45) is -22.1. The maximum absolute atomic E-state index is 15.5. The van der Waals surface area contributed by atoms with Crippen molar-refractivity contribution in [2.24, 2.45) is 28.9 Å². The van der Waals surface area contributed by atoms with E-state index in [-0.39, 0.29) is 54.0 Å². The molecule has 0 spiro atoms. The summed E-state index contributed by atoms with van der Waals surface area (Å²) >= 11 is 2.56. The second kappa shape index (κ2) is 37.1. The molecule has 4 aromatic heterocycles. The number of thiazole rings is 2. The number of aromatic nitrogens is 6. The van der Waals surface area contributed by atoms with Gasteiger partial charge in [-0.2, -0.15) is 0 Å². The maximum atomic E-state index is 15.5. The van der Waals surface area contributed by atoms with Crippen molar-refractivity contribution in [2.45, 2.75) is 182 Å². The fraction of sp³-hybridized carbons (Fsp3) is 0.661. The lowest BCUT2D eigenvalue weighted by Crippen LogP contribution is -2.65. The molecule has 39 nitrogen and oxygen atoms in total. The molecule has 25 N–H and O–H groups in total. The summed E-state index contributed by atoms with van der Waals surface area (Å²) in [7, 11) is 1.09. The van der Waals surface area contributed by atoms with Crippen molar-refractivity contribution < 1.29 is 103 Å². The molecule has 0 bridgehead atoms. The van der Waals surface area contributed by atoms with Crippen LogP contribution < -0.4 is 55.3 Å². The summed E-state index contributed by atoms with van der Waals surface area (Å²) in [6, 6.07) is -7.60. The highest BCUT2D eigenvalue weighted by molar-refractivity contribution is 7.14. The Balaban J connectivity index is 1.11. The number of rotatable bonds is 36. The van der Waals surface area contributed by atoms with Gasteiger partial charge in [-0.15, -0.1) is 22.7 Å². The number of nitrogens with zero attached hydrogens (tertiary/aromatic N) is 7. The minimum Gasteiger partial charge on any atom is -0.441 e. The van der Waals surface area contributed by atoms with Crippen LogP contribution in [0.3, 0.4) is 0 Å². The molecule has 7 rings (SSSR count). The Bertz CT molecular complexity index is 3350. The molecule has 7 amide bonds. The number of primary amides is 3. The van der Waals surface area contributed by atoms with Crippen LogP contribution in [0, 0.1) is 12.8 Å². The lowest BCUT2D eigenvalue weighted by atomic mass is 9.95. The number of nitrogens with two attached hydrogens (primary N) is 5. The SMILES string of the molecule is Cc1c(N)nc(C(CC(N)=O)NCC(N)C(N)=O)nc1C(=O)N(C)C(C(=O)NC(C)C(O)C(C)C(O)NC(C(=O)NCCc1nc(-c2nc(C(=O)NCCCN3CCCCC3)cs2)cs1)C(C)O)C(OC1OC(CO)C(O)C(O)C1OC1OC(CO)C(O)C(OC(N)=O)C1O)c1cnc[nH]1. The molecule has 0 saturated carbocycles. The number of aromatic amines is 1. The smallest absolute Gasteiger partial charge is 0.404 e. The highest BCUT2D eigenvalue weighted by Gasteiger charge is 2.54. The summed E-state index contributed by atoms with van der Waals surface area (Å²) in [6.45, 7) is 6.52. The number of aliphatic hydroxyl groups is 9. The highest BCUT2D eigenvalue weighted by atomic mass is 32.1. The molecule has 100 heavy (non-hydrogen) atoms. The first-order valence-corrected chi connectivity index (χ1v) is 34.0. The van der Waals surface area contributed by atoms with Crippen molar-refractivity contribution >= 4 is 70.0 Å². The zero-order valence-corrected chi connectivity index (χ0v) is 57.1. The number of amides is 7. The fourth-order valence-corrected chi connectivity index (χ4v) is 13.0. The number of carbonyl (C=O) groups excluding carboxylic acids is 7. The Morgan fingerprint density at radius 1 is 0.840 bits per heavy atom. The number of carbonyl (C=O) groups is 7. The van der Waals surface area contributed by atoms with Gasteiger partial charge < -0.3 is 134 Å². The molecule has 3 aliphatic rings. The highest BCUT2D eigenvalue weighted by Crippen LogP contribution is 2.36. The van der Waals surface area contributed by atoms with Crippen molar-refractivity contribution in [3.63, 3.8) is 0 Å². The largest absolute Gasteiger partial charge is 0.441 e. The van der Waals surface area contributed by atoms with E-state index in [1.807, 2.05) is 0 Å². The average molecular weight is 1450 g/mol. The lowest BCUT2D eigenvalue weighted by molar-refractivity contribution is -0.372.